The van der Waals surface area contributed by atoms with Crippen molar-refractivity contribution in [3.63, 3.8) is 0 Å². The van der Waals surface area contributed by atoms with Gasteiger partial charge in [-0.25, -0.2) is 8.42 Å². The smallest absolute Gasteiger partial charge is 0.264 e. The van der Waals surface area contributed by atoms with Crippen LogP contribution in [0.3, 0.4) is 0 Å². The lowest BCUT2D eigenvalue weighted by molar-refractivity contribution is 0.226. The van der Waals surface area contributed by atoms with Gasteiger partial charge in [-0.05, 0) is 55.5 Å². The maximum Gasteiger partial charge on any atom is 0.264 e. The highest BCUT2D eigenvalue weighted by Crippen LogP contribution is 2.37. The number of guanidine groups is 1. The van der Waals surface area contributed by atoms with E-state index < -0.39 is 16.2 Å². The number of hydrogen-bond acceptors (Lipinski definition) is 7. The van der Waals surface area contributed by atoms with E-state index in [0.29, 0.717) is 41.7 Å². The van der Waals surface area contributed by atoms with E-state index in [4.69, 9.17) is 11.5 Å². The van der Waals surface area contributed by atoms with Gasteiger partial charge in [-0.1, -0.05) is 30.3 Å². The average Bonchev–Trinajstić information content (AvgIpc) is 3.15. The van der Waals surface area contributed by atoms with Gasteiger partial charge in [-0.15, -0.1) is 0 Å². The van der Waals surface area contributed by atoms with Crippen LogP contribution >= 0.6 is 0 Å². The van der Waals surface area contributed by atoms with Gasteiger partial charge in [-0.3, -0.25) is 9.40 Å². The van der Waals surface area contributed by atoms with Crippen molar-refractivity contribution in [1.82, 2.24) is 15.1 Å². The first-order chi connectivity index (χ1) is 15.8. The fourth-order valence-electron chi connectivity index (χ4n) is 4.73. The summed E-state index contributed by atoms with van der Waals surface area (Å²) in [6.07, 6.45) is 2.27. The number of hydrogen-bond donors (Lipinski definition) is 3. The minimum absolute atomic E-state index is 0.133. The van der Waals surface area contributed by atoms with Gasteiger partial charge in [0.25, 0.3) is 10.0 Å². The molecule has 9 nitrogen and oxygen atoms in total. The quantitative estimate of drug-likeness (QED) is 0.544. The summed E-state index contributed by atoms with van der Waals surface area (Å²) in [5.74, 6) is 0.858. The number of anilines is 1. The molecule has 0 saturated carbocycles. The van der Waals surface area contributed by atoms with Crippen molar-refractivity contribution in [2.45, 2.75) is 43.8 Å². The van der Waals surface area contributed by atoms with Gasteiger partial charge in [0, 0.05) is 12.6 Å². The van der Waals surface area contributed by atoms with Crippen molar-refractivity contribution < 1.29 is 8.42 Å². The monoisotopic (exact) mass is 465 g/mol. The minimum atomic E-state index is -3.77. The first-order valence-corrected chi connectivity index (χ1v) is 12.3. The molecule has 2 atom stereocenters. The van der Waals surface area contributed by atoms with Crippen LogP contribution in [-0.2, 0) is 16.4 Å². The maximum atomic E-state index is 13.8. The number of benzene rings is 2. The second-order valence-electron chi connectivity index (χ2n) is 8.62. The number of nitrogens with one attached hydrogen (secondary N) is 1. The summed E-state index contributed by atoms with van der Waals surface area (Å²) in [5.41, 5.74) is 16.9. The van der Waals surface area contributed by atoms with Crippen molar-refractivity contribution >= 4 is 27.5 Å². The Morgan fingerprint density at radius 1 is 1.15 bits per heavy atom. The highest BCUT2D eigenvalue weighted by atomic mass is 32.2. The Labute approximate surface area is 193 Å². The van der Waals surface area contributed by atoms with Gasteiger partial charge in [0.05, 0.1) is 22.3 Å². The third-order valence-electron chi connectivity index (χ3n) is 6.44. The van der Waals surface area contributed by atoms with Crippen molar-refractivity contribution in [3.8, 4) is 0 Å². The van der Waals surface area contributed by atoms with Crippen LogP contribution in [0.15, 0.2) is 58.5 Å². The average molecular weight is 466 g/mol. The number of para-hydroxylation sites is 1. The predicted molar refractivity (Wildman–Crippen MR) is 128 cm³/mol. The molecule has 0 spiro atoms. The molecule has 5 N–H and O–H groups in total. The number of rotatable bonds is 3. The van der Waals surface area contributed by atoms with Gasteiger partial charge < -0.3 is 16.4 Å². The van der Waals surface area contributed by atoms with Crippen LogP contribution in [0.4, 0.5) is 11.5 Å². The molecular weight excluding hydrogens is 438 g/mol. The van der Waals surface area contributed by atoms with Crippen LogP contribution in [0.2, 0.25) is 0 Å². The Hall–Kier alpha value is -3.37. The molecule has 5 rings (SSSR count). The van der Waals surface area contributed by atoms with Crippen LogP contribution in [0.25, 0.3) is 0 Å². The maximum absolute atomic E-state index is 13.8. The normalized spacial score (nSPS) is 20.6. The van der Waals surface area contributed by atoms with E-state index in [-0.39, 0.29) is 6.04 Å². The molecule has 2 aliphatic heterocycles. The van der Waals surface area contributed by atoms with Crippen molar-refractivity contribution in [3.05, 3.63) is 70.9 Å². The number of nitrogens with zero attached hydrogens (tertiary/aromatic N) is 4. The SMILES string of the molecule is Cc1ccc(C)c(S(=O)(=O)N2CCC(N3C(N)=Nc4[nH]ncc4C3N)Cc3ccccc32)c1. The molecule has 0 aliphatic carbocycles. The highest BCUT2D eigenvalue weighted by Gasteiger charge is 2.37. The molecule has 1 aromatic heterocycles. The van der Waals surface area contributed by atoms with E-state index in [1.165, 1.54) is 4.31 Å². The molecule has 2 unspecified atom stereocenters. The zero-order chi connectivity index (χ0) is 23.3. The third kappa shape index (κ3) is 3.55. The standard InChI is InChI=1S/C23H27N7O2S/c1-14-7-8-15(2)20(11-14)33(31,32)29-10-9-17(12-16-5-3-4-6-19(16)29)30-21(24)18-13-26-28-22(18)27-23(30)25/h3-8,11,13,17,21H,9-10,12,24H2,1-2H3,(H3,25,26,27,28). The van der Waals surface area contributed by atoms with Gasteiger partial charge in [0.1, 0.15) is 6.17 Å². The van der Waals surface area contributed by atoms with Crippen molar-refractivity contribution in [1.29, 1.82) is 0 Å². The van der Waals surface area contributed by atoms with E-state index in [2.05, 4.69) is 15.2 Å². The number of sulfonamides is 1. The molecule has 0 bridgehead atoms. The summed E-state index contributed by atoms with van der Waals surface area (Å²) in [7, 11) is -3.77. The second kappa shape index (κ2) is 7.89. The van der Waals surface area contributed by atoms with E-state index in [0.717, 1.165) is 22.3 Å². The molecule has 2 aliphatic rings. The summed E-state index contributed by atoms with van der Waals surface area (Å²) in [6, 6.07) is 13.0. The topological polar surface area (TPSA) is 134 Å². The summed E-state index contributed by atoms with van der Waals surface area (Å²) in [6.45, 7) is 4.02. The molecule has 33 heavy (non-hydrogen) atoms. The van der Waals surface area contributed by atoms with Crippen LogP contribution < -0.4 is 15.8 Å². The number of aromatic amines is 1. The number of H-pyrrole nitrogens is 1. The van der Waals surface area contributed by atoms with Crippen molar-refractivity contribution in [2.75, 3.05) is 10.8 Å². The lowest BCUT2D eigenvalue weighted by Gasteiger charge is -2.38. The number of nitrogens with two attached hydrogens (primary N) is 2. The van der Waals surface area contributed by atoms with Crippen LogP contribution in [0.5, 0.6) is 0 Å². The molecular formula is C23H27N7O2S. The molecule has 3 aromatic rings. The summed E-state index contributed by atoms with van der Waals surface area (Å²) in [4.78, 5) is 6.63. The zero-order valence-electron chi connectivity index (χ0n) is 18.6. The molecule has 0 fully saturated rings. The second-order valence-corrected chi connectivity index (χ2v) is 10.4. The Morgan fingerprint density at radius 3 is 2.76 bits per heavy atom. The predicted octanol–water partition coefficient (Wildman–Crippen LogP) is 2.46. The van der Waals surface area contributed by atoms with E-state index in [9.17, 15) is 8.42 Å². The lowest BCUT2D eigenvalue weighted by Crippen LogP contribution is -2.52. The largest absolute Gasteiger partial charge is 0.369 e. The van der Waals surface area contributed by atoms with Gasteiger partial charge in [-0.2, -0.15) is 10.1 Å². The summed E-state index contributed by atoms with van der Waals surface area (Å²) >= 11 is 0. The van der Waals surface area contributed by atoms with Crippen LogP contribution in [0.1, 0.15) is 34.8 Å². The summed E-state index contributed by atoms with van der Waals surface area (Å²) < 4.78 is 29.2. The van der Waals surface area contributed by atoms with E-state index >= 15 is 0 Å². The zero-order valence-corrected chi connectivity index (χ0v) is 19.4. The van der Waals surface area contributed by atoms with Gasteiger partial charge in [0.15, 0.2) is 11.8 Å². The molecule has 0 amide bonds. The molecule has 172 valence electrons. The van der Waals surface area contributed by atoms with Gasteiger partial charge in [0.2, 0.25) is 0 Å². The fourth-order valence-corrected chi connectivity index (χ4v) is 6.56. The lowest BCUT2D eigenvalue weighted by atomic mass is 10.0. The molecule has 3 heterocycles. The Bertz CT molecular complexity index is 1350. The Morgan fingerprint density at radius 2 is 1.94 bits per heavy atom. The molecule has 0 saturated heterocycles. The van der Waals surface area contributed by atoms with E-state index in [1.54, 1.807) is 12.3 Å². The first kappa shape index (κ1) is 21.5. The Balaban J connectivity index is 1.55. The van der Waals surface area contributed by atoms with E-state index in [1.807, 2.05) is 55.1 Å². The highest BCUT2D eigenvalue weighted by molar-refractivity contribution is 7.92. The first-order valence-electron chi connectivity index (χ1n) is 10.9. The summed E-state index contributed by atoms with van der Waals surface area (Å²) in [5, 5.41) is 6.85. The van der Waals surface area contributed by atoms with Crippen molar-refractivity contribution in [2.24, 2.45) is 16.5 Å². The third-order valence-corrected chi connectivity index (χ3v) is 8.40. The number of aliphatic imine (C=N–C) groups is 1. The molecule has 10 heteroatoms. The van der Waals surface area contributed by atoms with Gasteiger partial charge >= 0.3 is 0 Å². The fraction of sp³-hybridized carbons (Fsp3) is 0.304. The number of fused-ring (bicyclic) bond motifs is 2. The molecule has 0 radical (unpaired) electrons. The van der Waals surface area contributed by atoms with Crippen LogP contribution in [-0.4, -0.2) is 42.1 Å². The van der Waals surface area contributed by atoms with Crippen LogP contribution in [0, 0.1) is 13.8 Å². The minimum Gasteiger partial charge on any atom is -0.369 e. The molecule has 2 aromatic carbocycles. The Kier molecular flexibility index (Phi) is 5.13. The number of aryl methyl sites for hydroxylation is 2. The number of aromatic nitrogens is 2.